The lowest BCUT2D eigenvalue weighted by atomic mass is 10.1. The first-order valence-corrected chi connectivity index (χ1v) is 7.85. The van der Waals surface area contributed by atoms with Gasteiger partial charge in [-0.25, -0.2) is 0 Å². The van der Waals surface area contributed by atoms with E-state index in [1.165, 1.54) is 6.07 Å². The Morgan fingerprint density at radius 2 is 2.15 bits per heavy atom. The van der Waals surface area contributed by atoms with Crippen LogP contribution in [0.25, 0.3) is 0 Å². The van der Waals surface area contributed by atoms with Crippen LogP contribution in [0.5, 0.6) is 0 Å². The molecule has 1 aromatic heterocycles. The van der Waals surface area contributed by atoms with Crippen molar-refractivity contribution in [3.63, 3.8) is 0 Å². The van der Waals surface area contributed by atoms with Gasteiger partial charge in [-0.2, -0.15) is 18.3 Å². The summed E-state index contributed by atoms with van der Waals surface area (Å²) in [7, 11) is 5.38. The SMILES string of the molecule is CN=C(NCC#Cc1cccc(C(F)(F)F)c1)N(C)Cc1cnn(C)c1. The molecule has 0 amide bonds. The number of halogens is 3. The average Bonchev–Trinajstić information content (AvgIpc) is 2.99. The van der Waals surface area contributed by atoms with Crippen molar-refractivity contribution >= 4 is 5.96 Å². The maximum absolute atomic E-state index is 12.7. The molecule has 26 heavy (non-hydrogen) atoms. The summed E-state index contributed by atoms with van der Waals surface area (Å²) >= 11 is 0. The first kappa shape index (κ1) is 19.4. The minimum absolute atomic E-state index is 0.264. The highest BCUT2D eigenvalue weighted by atomic mass is 19.4. The summed E-state index contributed by atoms with van der Waals surface area (Å²) in [6, 6.07) is 4.96. The highest BCUT2D eigenvalue weighted by molar-refractivity contribution is 5.79. The van der Waals surface area contributed by atoms with Crippen molar-refractivity contribution in [1.82, 2.24) is 20.0 Å². The molecule has 1 aromatic carbocycles. The Bertz CT molecular complexity index is 827. The standard InChI is InChI=1S/C18H20F3N5/c1-22-17(25(2)12-15-11-24-26(3)13-15)23-9-5-7-14-6-4-8-16(10-14)18(19,20)21/h4,6,8,10-11,13H,9,12H2,1-3H3,(H,22,23). The first-order valence-electron chi connectivity index (χ1n) is 7.85. The van der Waals surface area contributed by atoms with E-state index in [0.717, 1.165) is 17.7 Å². The first-order chi connectivity index (χ1) is 12.3. The van der Waals surface area contributed by atoms with Gasteiger partial charge in [0.25, 0.3) is 0 Å². The summed E-state index contributed by atoms with van der Waals surface area (Å²) in [4.78, 5) is 6.08. The molecule has 0 radical (unpaired) electrons. The van der Waals surface area contributed by atoms with E-state index in [9.17, 15) is 13.2 Å². The second-order valence-corrected chi connectivity index (χ2v) is 5.66. The number of nitrogens with zero attached hydrogens (tertiary/aromatic N) is 4. The van der Waals surface area contributed by atoms with Gasteiger partial charge in [-0.1, -0.05) is 17.9 Å². The largest absolute Gasteiger partial charge is 0.416 e. The lowest BCUT2D eigenvalue weighted by Crippen LogP contribution is -2.38. The number of nitrogens with one attached hydrogen (secondary N) is 1. The van der Waals surface area contributed by atoms with Crippen molar-refractivity contribution in [2.75, 3.05) is 20.6 Å². The topological polar surface area (TPSA) is 45.5 Å². The van der Waals surface area contributed by atoms with Gasteiger partial charge in [-0.3, -0.25) is 9.67 Å². The number of aromatic nitrogens is 2. The van der Waals surface area contributed by atoms with Crippen molar-refractivity contribution in [2.24, 2.45) is 12.0 Å². The molecule has 0 unspecified atom stereocenters. The summed E-state index contributed by atoms with van der Waals surface area (Å²) in [5, 5.41) is 7.18. The highest BCUT2D eigenvalue weighted by Crippen LogP contribution is 2.29. The van der Waals surface area contributed by atoms with Crippen molar-refractivity contribution in [3.05, 3.63) is 53.3 Å². The summed E-state index contributed by atoms with van der Waals surface area (Å²) in [5.41, 5.74) is 0.651. The van der Waals surface area contributed by atoms with Crippen molar-refractivity contribution < 1.29 is 13.2 Å². The zero-order valence-electron chi connectivity index (χ0n) is 14.8. The summed E-state index contributed by atoms with van der Waals surface area (Å²) < 4.78 is 39.8. The number of guanidine groups is 1. The van der Waals surface area contributed by atoms with E-state index in [0.29, 0.717) is 18.1 Å². The second kappa shape index (κ2) is 8.43. The van der Waals surface area contributed by atoms with Crippen LogP contribution in [0.15, 0.2) is 41.7 Å². The Kier molecular flexibility index (Phi) is 6.28. The maximum atomic E-state index is 12.7. The number of rotatable bonds is 3. The Morgan fingerprint density at radius 3 is 2.77 bits per heavy atom. The highest BCUT2D eigenvalue weighted by Gasteiger charge is 2.30. The molecule has 0 bridgehead atoms. The minimum atomic E-state index is -4.37. The van der Waals surface area contributed by atoms with E-state index < -0.39 is 11.7 Å². The van der Waals surface area contributed by atoms with Gasteiger partial charge in [0.2, 0.25) is 0 Å². The quantitative estimate of drug-likeness (QED) is 0.518. The van der Waals surface area contributed by atoms with E-state index in [-0.39, 0.29) is 6.54 Å². The second-order valence-electron chi connectivity index (χ2n) is 5.66. The third-order valence-electron chi connectivity index (χ3n) is 3.51. The average molecular weight is 363 g/mol. The number of hydrogen-bond donors (Lipinski definition) is 1. The van der Waals surface area contributed by atoms with Gasteiger partial charge in [0.05, 0.1) is 18.3 Å². The van der Waals surface area contributed by atoms with Gasteiger partial charge >= 0.3 is 6.18 Å². The zero-order chi connectivity index (χ0) is 19.2. The molecule has 0 aliphatic rings. The molecule has 5 nitrogen and oxygen atoms in total. The number of benzene rings is 1. The predicted molar refractivity (Wildman–Crippen MR) is 94.4 cm³/mol. The molecule has 1 N–H and O–H groups in total. The number of alkyl halides is 3. The fourth-order valence-electron chi connectivity index (χ4n) is 2.33. The summed E-state index contributed by atoms with van der Waals surface area (Å²) in [5.74, 6) is 6.18. The molecule has 0 aliphatic carbocycles. The van der Waals surface area contributed by atoms with Crippen molar-refractivity contribution in [1.29, 1.82) is 0 Å². The van der Waals surface area contributed by atoms with Crippen molar-refractivity contribution in [2.45, 2.75) is 12.7 Å². The third-order valence-corrected chi connectivity index (χ3v) is 3.51. The number of aliphatic imine (C=N–C) groups is 1. The molecule has 0 fully saturated rings. The van der Waals surface area contributed by atoms with Gasteiger partial charge in [0.1, 0.15) is 0 Å². The molecular weight excluding hydrogens is 343 g/mol. The summed E-state index contributed by atoms with van der Waals surface area (Å²) in [6.45, 7) is 0.884. The van der Waals surface area contributed by atoms with Gasteiger partial charge < -0.3 is 10.2 Å². The van der Waals surface area contributed by atoms with E-state index in [4.69, 9.17) is 0 Å². The predicted octanol–water partition coefficient (Wildman–Crippen LogP) is 2.50. The van der Waals surface area contributed by atoms with E-state index in [1.807, 2.05) is 25.2 Å². The molecule has 0 saturated carbocycles. The smallest absolute Gasteiger partial charge is 0.345 e. The van der Waals surface area contributed by atoms with E-state index in [1.54, 1.807) is 24.0 Å². The molecule has 0 spiro atoms. The van der Waals surface area contributed by atoms with Crippen LogP contribution in [0, 0.1) is 11.8 Å². The minimum Gasteiger partial charge on any atom is -0.345 e. The molecule has 8 heteroatoms. The number of aryl methyl sites for hydroxylation is 1. The van der Waals surface area contributed by atoms with Crippen LogP contribution >= 0.6 is 0 Å². The molecule has 1 heterocycles. The maximum Gasteiger partial charge on any atom is 0.416 e. The van der Waals surface area contributed by atoms with Crippen molar-refractivity contribution in [3.8, 4) is 11.8 Å². The summed E-state index contributed by atoms with van der Waals surface area (Å²) in [6.07, 6.45) is -0.679. The van der Waals surface area contributed by atoms with Crippen LogP contribution in [0.3, 0.4) is 0 Å². The van der Waals surface area contributed by atoms with Crippen LogP contribution in [0.1, 0.15) is 16.7 Å². The molecular formula is C18H20F3N5. The van der Waals surface area contributed by atoms with Crippen LogP contribution in [0.4, 0.5) is 13.2 Å². The molecule has 0 atom stereocenters. The van der Waals surface area contributed by atoms with Gasteiger partial charge in [0.15, 0.2) is 5.96 Å². The zero-order valence-corrected chi connectivity index (χ0v) is 14.8. The van der Waals surface area contributed by atoms with Crippen LogP contribution in [-0.4, -0.2) is 41.3 Å². The van der Waals surface area contributed by atoms with Crippen LogP contribution in [-0.2, 0) is 19.8 Å². The number of hydrogen-bond acceptors (Lipinski definition) is 2. The molecule has 2 rings (SSSR count). The third kappa shape index (κ3) is 5.55. The lowest BCUT2D eigenvalue weighted by molar-refractivity contribution is -0.137. The monoisotopic (exact) mass is 363 g/mol. The molecule has 2 aromatic rings. The molecule has 0 aliphatic heterocycles. The molecule has 0 saturated heterocycles. The Balaban J connectivity index is 1.93. The fraction of sp³-hybridized carbons (Fsp3) is 0.333. The Morgan fingerprint density at radius 1 is 1.38 bits per heavy atom. The lowest BCUT2D eigenvalue weighted by Gasteiger charge is -2.20. The molecule has 138 valence electrons. The van der Waals surface area contributed by atoms with E-state index >= 15 is 0 Å². The fourth-order valence-corrected chi connectivity index (χ4v) is 2.33. The van der Waals surface area contributed by atoms with Gasteiger partial charge in [-0.05, 0) is 18.2 Å². The Labute approximate surface area is 150 Å². The van der Waals surface area contributed by atoms with Crippen LogP contribution in [0.2, 0.25) is 0 Å². The van der Waals surface area contributed by atoms with Gasteiger partial charge in [-0.15, -0.1) is 0 Å². The normalized spacial score (nSPS) is 11.7. The van der Waals surface area contributed by atoms with E-state index in [2.05, 4.69) is 27.2 Å². The van der Waals surface area contributed by atoms with Gasteiger partial charge in [0, 0.05) is 45.0 Å². The Hall–Kier alpha value is -2.95. The van der Waals surface area contributed by atoms with Crippen LogP contribution < -0.4 is 5.32 Å².